The van der Waals surface area contributed by atoms with Crippen LogP contribution in [0.2, 0.25) is 5.02 Å². The Bertz CT molecular complexity index is 547. The molecule has 1 fully saturated rings. The lowest BCUT2D eigenvalue weighted by Gasteiger charge is -2.37. The van der Waals surface area contributed by atoms with Gasteiger partial charge in [-0.15, -0.1) is 0 Å². The summed E-state index contributed by atoms with van der Waals surface area (Å²) in [5, 5.41) is 0.526. The molecule has 112 valence electrons. The zero-order valence-electron chi connectivity index (χ0n) is 11.7. The second-order valence-corrected chi connectivity index (χ2v) is 7.41. The van der Waals surface area contributed by atoms with Crippen molar-refractivity contribution in [2.24, 2.45) is 0 Å². The zero-order chi connectivity index (χ0) is 14.8. The molecule has 1 aliphatic rings. The average Bonchev–Trinajstić information content (AvgIpc) is 2.40. The van der Waals surface area contributed by atoms with Gasteiger partial charge in [0.1, 0.15) is 0 Å². The van der Waals surface area contributed by atoms with Crippen molar-refractivity contribution in [3.63, 3.8) is 0 Å². The maximum Gasteiger partial charge on any atom is 0.240 e. The van der Waals surface area contributed by atoms with Gasteiger partial charge >= 0.3 is 0 Å². The minimum absolute atomic E-state index is 0.191. The molecule has 0 amide bonds. The quantitative estimate of drug-likeness (QED) is 0.895. The van der Waals surface area contributed by atoms with Gasteiger partial charge in [-0.05, 0) is 38.4 Å². The number of hydrogen-bond donors (Lipinski definition) is 1. The number of rotatable bonds is 4. The first-order chi connectivity index (χ1) is 9.38. The summed E-state index contributed by atoms with van der Waals surface area (Å²) in [5.74, 6) is 0. The monoisotopic (exact) mass is 317 g/mol. The Kier molecular flexibility index (Phi) is 5.04. The molecule has 1 heterocycles. The fraction of sp³-hybridized carbons (Fsp3) is 0.538. The standard InChI is InChI=1S/C13H20ClN3O2S/c1-16-7-8-17(2)12(10-16)9-15-20(18,19)13-5-3-11(14)4-6-13/h3-6,12,15H,7-10H2,1-2H3. The summed E-state index contributed by atoms with van der Waals surface area (Å²) in [4.78, 5) is 4.64. The molecule has 2 rings (SSSR count). The lowest BCUT2D eigenvalue weighted by molar-refractivity contribution is 0.117. The van der Waals surface area contributed by atoms with Crippen molar-refractivity contribution in [2.75, 3.05) is 40.3 Å². The van der Waals surface area contributed by atoms with Crippen LogP contribution in [0.5, 0.6) is 0 Å². The van der Waals surface area contributed by atoms with Crippen molar-refractivity contribution in [1.82, 2.24) is 14.5 Å². The molecule has 1 saturated heterocycles. The van der Waals surface area contributed by atoms with Crippen molar-refractivity contribution in [1.29, 1.82) is 0 Å². The summed E-state index contributed by atoms with van der Waals surface area (Å²) < 4.78 is 27.1. The molecule has 1 aromatic carbocycles. The van der Waals surface area contributed by atoms with Gasteiger partial charge in [-0.25, -0.2) is 13.1 Å². The number of halogens is 1. The molecule has 0 saturated carbocycles. The highest BCUT2D eigenvalue weighted by atomic mass is 35.5. The predicted octanol–water partition coefficient (Wildman–Crippen LogP) is 0.864. The van der Waals surface area contributed by atoms with Crippen LogP contribution in [0.15, 0.2) is 29.2 Å². The minimum Gasteiger partial charge on any atom is -0.303 e. The molecule has 0 aliphatic carbocycles. The number of sulfonamides is 1. The normalized spacial score (nSPS) is 22.1. The van der Waals surface area contributed by atoms with Gasteiger partial charge in [0, 0.05) is 37.2 Å². The maximum atomic E-state index is 12.2. The highest BCUT2D eigenvalue weighted by molar-refractivity contribution is 7.89. The van der Waals surface area contributed by atoms with Crippen LogP contribution in [0.1, 0.15) is 0 Å². The molecule has 7 heteroatoms. The second-order valence-electron chi connectivity index (χ2n) is 5.20. The smallest absolute Gasteiger partial charge is 0.240 e. The Hall–Kier alpha value is -0.660. The Morgan fingerprint density at radius 3 is 2.55 bits per heavy atom. The van der Waals surface area contributed by atoms with E-state index in [9.17, 15) is 8.42 Å². The van der Waals surface area contributed by atoms with E-state index in [0.717, 1.165) is 19.6 Å². The van der Waals surface area contributed by atoms with Crippen molar-refractivity contribution >= 4 is 21.6 Å². The molecule has 1 aliphatic heterocycles. The molecule has 0 radical (unpaired) electrons. The van der Waals surface area contributed by atoms with Crippen molar-refractivity contribution in [3.05, 3.63) is 29.3 Å². The Balaban J connectivity index is 2.00. The first-order valence-corrected chi connectivity index (χ1v) is 8.38. The highest BCUT2D eigenvalue weighted by Gasteiger charge is 2.24. The van der Waals surface area contributed by atoms with Gasteiger partial charge < -0.3 is 4.90 Å². The number of nitrogens with one attached hydrogen (secondary N) is 1. The third kappa shape index (κ3) is 3.93. The van der Waals surface area contributed by atoms with Crippen LogP contribution in [0.4, 0.5) is 0 Å². The average molecular weight is 318 g/mol. The minimum atomic E-state index is -3.47. The van der Waals surface area contributed by atoms with Gasteiger partial charge in [-0.3, -0.25) is 4.90 Å². The van der Waals surface area contributed by atoms with Crippen LogP contribution in [0.3, 0.4) is 0 Å². The largest absolute Gasteiger partial charge is 0.303 e. The molecular weight excluding hydrogens is 298 g/mol. The fourth-order valence-corrected chi connectivity index (χ4v) is 3.42. The van der Waals surface area contributed by atoms with Gasteiger partial charge in [0.05, 0.1) is 4.90 Å². The Labute approximate surface area is 125 Å². The van der Waals surface area contributed by atoms with E-state index in [2.05, 4.69) is 14.5 Å². The molecule has 0 bridgehead atoms. The molecule has 1 unspecified atom stereocenters. The number of likely N-dealkylation sites (N-methyl/N-ethyl adjacent to an activating group) is 2. The van der Waals surface area contributed by atoms with Crippen LogP contribution in [-0.4, -0.2) is 64.5 Å². The third-order valence-electron chi connectivity index (χ3n) is 3.61. The molecule has 1 aromatic rings. The highest BCUT2D eigenvalue weighted by Crippen LogP contribution is 2.14. The lowest BCUT2D eigenvalue weighted by atomic mass is 10.2. The van der Waals surface area contributed by atoms with Crippen LogP contribution in [0, 0.1) is 0 Å². The molecule has 20 heavy (non-hydrogen) atoms. The summed E-state index contributed by atoms with van der Waals surface area (Å²) in [6.07, 6.45) is 0. The molecule has 1 atom stereocenters. The molecule has 1 N–H and O–H groups in total. The number of piperazine rings is 1. The summed E-state index contributed by atoms with van der Waals surface area (Å²) in [7, 11) is 0.600. The van der Waals surface area contributed by atoms with E-state index in [4.69, 9.17) is 11.6 Å². The fourth-order valence-electron chi connectivity index (χ4n) is 2.22. The number of hydrogen-bond acceptors (Lipinski definition) is 4. The summed E-state index contributed by atoms with van der Waals surface area (Å²) in [5.41, 5.74) is 0. The van der Waals surface area contributed by atoms with E-state index in [0.29, 0.717) is 11.6 Å². The summed E-state index contributed by atoms with van der Waals surface area (Å²) in [6, 6.07) is 6.38. The van der Waals surface area contributed by atoms with E-state index in [-0.39, 0.29) is 10.9 Å². The maximum absolute atomic E-state index is 12.2. The summed E-state index contributed by atoms with van der Waals surface area (Å²) in [6.45, 7) is 3.23. The SMILES string of the molecule is CN1CCN(C)C(CNS(=O)(=O)c2ccc(Cl)cc2)C1. The van der Waals surface area contributed by atoms with Crippen molar-refractivity contribution in [3.8, 4) is 0 Å². The lowest BCUT2D eigenvalue weighted by Crippen LogP contribution is -2.54. The Morgan fingerprint density at radius 1 is 1.25 bits per heavy atom. The number of benzene rings is 1. The van der Waals surface area contributed by atoms with Crippen molar-refractivity contribution in [2.45, 2.75) is 10.9 Å². The van der Waals surface area contributed by atoms with Gasteiger partial charge in [0.25, 0.3) is 0 Å². The summed E-state index contributed by atoms with van der Waals surface area (Å²) >= 11 is 5.77. The first kappa shape index (κ1) is 15.7. The first-order valence-electron chi connectivity index (χ1n) is 6.52. The number of nitrogens with zero attached hydrogens (tertiary/aromatic N) is 2. The molecule has 0 aromatic heterocycles. The van der Waals surface area contributed by atoms with E-state index in [1.54, 1.807) is 12.1 Å². The third-order valence-corrected chi connectivity index (χ3v) is 5.30. The van der Waals surface area contributed by atoms with E-state index >= 15 is 0 Å². The van der Waals surface area contributed by atoms with Crippen LogP contribution in [0.25, 0.3) is 0 Å². The van der Waals surface area contributed by atoms with Gasteiger partial charge in [-0.1, -0.05) is 11.6 Å². The van der Waals surface area contributed by atoms with Crippen molar-refractivity contribution < 1.29 is 8.42 Å². The molecular formula is C13H20ClN3O2S. The predicted molar refractivity (Wildman–Crippen MR) is 80.6 cm³/mol. The van der Waals surface area contributed by atoms with Crippen LogP contribution < -0.4 is 4.72 Å². The van der Waals surface area contributed by atoms with Crippen LogP contribution >= 0.6 is 11.6 Å². The zero-order valence-corrected chi connectivity index (χ0v) is 13.3. The molecule has 0 spiro atoms. The van der Waals surface area contributed by atoms with Gasteiger partial charge in [0.15, 0.2) is 0 Å². The topological polar surface area (TPSA) is 52.6 Å². The van der Waals surface area contributed by atoms with E-state index in [1.807, 2.05) is 14.1 Å². The molecule has 5 nitrogen and oxygen atoms in total. The van der Waals surface area contributed by atoms with E-state index < -0.39 is 10.0 Å². The second kappa shape index (κ2) is 6.41. The van der Waals surface area contributed by atoms with Gasteiger partial charge in [-0.2, -0.15) is 0 Å². The Morgan fingerprint density at radius 2 is 1.90 bits per heavy atom. The van der Waals surface area contributed by atoms with Crippen LogP contribution in [-0.2, 0) is 10.0 Å². The van der Waals surface area contributed by atoms with Gasteiger partial charge in [0.2, 0.25) is 10.0 Å². The van der Waals surface area contributed by atoms with E-state index in [1.165, 1.54) is 12.1 Å².